The van der Waals surface area contributed by atoms with Crippen LogP contribution in [0.4, 0.5) is 5.69 Å². The van der Waals surface area contributed by atoms with Gasteiger partial charge in [0.15, 0.2) is 0 Å². The number of aliphatic hydroxyl groups excluding tert-OH is 1. The van der Waals surface area contributed by atoms with Gasteiger partial charge in [-0.3, -0.25) is 0 Å². The van der Waals surface area contributed by atoms with Gasteiger partial charge in [0.2, 0.25) is 0 Å². The zero-order chi connectivity index (χ0) is 12.7. The second-order valence-corrected chi connectivity index (χ2v) is 4.30. The summed E-state index contributed by atoms with van der Waals surface area (Å²) in [5, 5.41) is 12.2. The van der Waals surface area contributed by atoms with E-state index in [0.717, 1.165) is 19.6 Å². The molecule has 0 saturated heterocycles. The number of anilines is 1. The smallest absolute Gasteiger partial charge is 0.0582 e. The molecule has 0 unspecified atom stereocenters. The molecule has 0 aliphatic heterocycles. The molecule has 0 aromatic heterocycles. The van der Waals surface area contributed by atoms with E-state index in [4.69, 9.17) is 5.11 Å². The summed E-state index contributed by atoms with van der Waals surface area (Å²) in [6, 6.07) is 8.76. The molecule has 0 fully saturated rings. The molecule has 0 aliphatic rings. The van der Waals surface area contributed by atoms with E-state index >= 15 is 0 Å². The highest BCUT2D eigenvalue weighted by Crippen LogP contribution is 2.14. The van der Waals surface area contributed by atoms with Crippen LogP contribution in [0.2, 0.25) is 0 Å². The van der Waals surface area contributed by atoms with Gasteiger partial charge in [-0.15, -0.1) is 0 Å². The third-order valence-corrected chi connectivity index (χ3v) is 2.99. The largest absolute Gasteiger partial charge is 0.395 e. The van der Waals surface area contributed by atoms with Gasteiger partial charge in [-0.1, -0.05) is 12.1 Å². The van der Waals surface area contributed by atoms with E-state index in [0.29, 0.717) is 0 Å². The van der Waals surface area contributed by atoms with E-state index in [-0.39, 0.29) is 12.6 Å². The average molecular weight is 236 g/mol. The van der Waals surface area contributed by atoms with Gasteiger partial charge in [0, 0.05) is 31.4 Å². The Morgan fingerprint density at radius 3 is 2.24 bits per heavy atom. The number of aliphatic hydroxyl groups is 1. The molecule has 3 nitrogen and oxygen atoms in total. The maximum absolute atomic E-state index is 8.92. The van der Waals surface area contributed by atoms with Crippen LogP contribution in [0.3, 0.4) is 0 Å². The normalized spacial score (nSPS) is 12.5. The van der Waals surface area contributed by atoms with Crippen molar-refractivity contribution in [2.45, 2.75) is 33.4 Å². The van der Waals surface area contributed by atoms with E-state index in [1.54, 1.807) is 0 Å². The van der Waals surface area contributed by atoms with Crippen molar-refractivity contribution in [1.29, 1.82) is 0 Å². The van der Waals surface area contributed by atoms with Crippen molar-refractivity contribution < 1.29 is 5.11 Å². The topological polar surface area (TPSA) is 35.5 Å². The lowest BCUT2D eigenvalue weighted by molar-refractivity contribution is 0.251. The molecule has 0 saturated carbocycles. The zero-order valence-electron chi connectivity index (χ0n) is 11.1. The predicted molar refractivity (Wildman–Crippen MR) is 73.4 cm³/mol. The monoisotopic (exact) mass is 236 g/mol. The van der Waals surface area contributed by atoms with Gasteiger partial charge >= 0.3 is 0 Å². The molecule has 0 bridgehead atoms. The first-order valence-electron chi connectivity index (χ1n) is 6.39. The molecule has 1 aromatic carbocycles. The van der Waals surface area contributed by atoms with Crippen LogP contribution in [-0.4, -0.2) is 30.8 Å². The first-order valence-corrected chi connectivity index (χ1v) is 6.39. The third kappa shape index (κ3) is 4.36. The van der Waals surface area contributed by atoms with Crippen molar-refractivity contribution in [3.05, 3.63) is 29.8 Å². The molecule has 17 heavy (non-hydrogen) atoms. The van der Waals surface area contributed by atoms with Crippen molar-refractivity contribution in [3.63, 3.8) is 0 Å². The third-order valence-electron chi connectivity index (χ3n) is 2.99. The quantitative estimate of drug-likeness (QED) is 0.760. The van der Waals surface area contributed by atoms with Crippen LogP contribution in [0.1, 0.15) is 26.3 Å². The number of nitrogens with one attached hydrogen (secondary N) is 1. The first-order chi connectivity index (χ1) is 8.21. The van der Waals surface area contributed by atoms with Crippen LogP contribution in [0.5, 0.6) is 0 Å². The Balaban J connectivity index is 2.55. The van der Waals surface area contributed by atoms with Crippen LogP contribution >= 0.6 is 0 Å². The van der Waals surface area contributed by atoms with E-state index in [2.05, 4.69) is 48.3 Å². The van der Waals surface area contributed by atoms with Crippen LogP contribution in [0.25, 0.3) is 0 Å². The second-order valence-electron chi connectivity index (χ2n) is 4.30. The lowest BCUT2D eigenvalue weighted by atomic mass is 10.2. The summed E-state index contributed by atoms with van der Waals surface area (Å²) in [6.45, 7) is 9.37. The lowest BCUT2D eigenvalue weighted by Gasteiger charge is -2.21. The summed E-state index contributed by atoms with van der Waals surface area (Å²) in [5.41, 5.74) is 2.52. The Hall–Kier alpha value is -1.06. The molecule has 0 spiro atoms. The fourth-order valence-corrected chi connectivity index (χ4v) is 1.77. The molecule has 1 atom stereocenters. The Morgan fingerprint density at radius 1 is 1.18 bits per heavy atom. The predicted octanol–water partition coefficient (Wildman–Crippen LogP) is 2.00. The van der Waals surface area contributed by atoms with Crippen LogP contribution in [0, 0.1) is 0 Å². The highest BCUT2D eigenvalue weighted by Gasteiger charge is 2.02. The van der Waals surface area contributed by atoms with E-state index in [1.165, 1.54) is 11.3 Å². The maximum Gasteiger partial charge on any atom is 0.0582 e. The SMILES string of the molecule is CCN(CC)c1ccc(CN[C@H](C)CO)cc1. The van der Waals surface area contributed by atoms with Gasteiger partial charge in [0.25, 0.3) is 0 Å². The van der Waals surface area contributed by atoms with E-state index in [1.807, 2.05) is 6.92 Å². The van der Waals surface area contributed by atoms with E-state index in [9.17, 15) is 0 Å². The maximum atomic E-state index is 8.92. The summed E-state index contributed by atoms with van der Waals surface area (Å²) >= 11 is 0. The van der Waals surface area contributed by atoms with Gasteiger partial charge in [0.1, 0.15) is 0 Å². The molecule has 96 valence electrons. The zero-order valence-corrected chi connectivity index (χ0v) is 11.1. The molecule has 0 radical (unpaired) electrons. The minimum absolute atomic E-state index is 0.150. The highest BCUT2D eigenvalue weighted by atomic mass is 16.3. The number of nitrogens with zero attached hydrogens (tertiary/aromatic N) is 1. The molecule has 1 rings (SSSR count). The van der Waals surface area contributed by atoms with Gasteiger partial charge < -0.3 is 15.3 Å². The molecule has 3 heteroatoms. The van der Waals surface area contributed by atoms with Gasteiger partial charge in [-0.25, -0.2) is 0 Å². The van der Waals surface area contributed by atoms with Gasteiger partial charge in [-0.05, 0) is 38.5 Å². The van der Waals surface area contributed by atoms with Crippen molar-refractivity contribution in [1.82, 2.24) is 5.32 Å². The fraction of sp³-hybridized carbons (Fsp3) is 0.571. The first kappa shape index (κ1) is 14.0. The number of hydrogen-bond donors (Lipinski definition) is 2. The molecule has 0 aliphatic carbocycles. The second kappa shape index (κ2) is 7.30. The highest BCUT2D eigenvalue weighted by molar-refractivity contribution is 5.47. The molecular formula is C14H24N2O. The fourth-order valence-electron chi connectivity index (χ4n) is 1.77. The Labute approximate surface area is 104 Å². The number of rotatable bonds is 7. The number of benzene rings is 1. The Bertz CT molecular complexity index is 307. The lowest BCUT2D eigenvalue weighted by Crippen LogP contribution is -2.28. The summed E-state index contributed by atoms with van der Waals surface area (Å²) in [4.78, 5) is 2.33. The average Bonchev–Trinajstić information content (AvgIpc) is 2.38. The molecule has 1 aromatic rings. The molecule has 0 amide bonds. The van der Waals surface area contributed by atoms with Crippen LogP contribution in [-0.2, 0) is 6.54 Å². The summed E-state index contributed by atoms with van der Waals surface area (Å²) < 4.78 is 0. The van der Waals surface area contributed by atoms with Gasteiger partial charge in [-0.2, -0.15) is 0 Å². The summed E-state index contributed by atoms with van der Waals surface area (Å²) in [6.07, 6.45) is 0. The Morgan fingerprint density at radius 2 is 1.76 bits per heavy atom. The van der Waals surface area contributed by atoms with Crippen molar-refractivity contribution in [2.24, 2.45) is 0 Å². The van der Waals surface area contributed by atoms with Gasteiger partial charge in [0.05, 0.1) is 6.61 Å². The Kier molecular flexibility index (Phi) is 6.01. The molecular weight excluding hydrogens is 212 g/mol. The molecule has 2 N–H and O–H groups in total. The van der Waals surface area contributed by atoms with E-state index < -0.39 is 0 Å². The standard InChI is InChI=1S/C14H24N2O/c1-4-16(5-2)14-8-6-13(7-9-14)10-15-12(3)11-17/h6-9,12,15,17H,4-5,10-11H2,1-3H3/t12-/m1/s1. The van der Waals surface area contributed by atoms with Crippen LogP contribution in [0.15, 0.2) is 24.3 Å². The van der Waals surface area contributed by atoms with Crippen molar-refractivity contribution in [3.8, 4) is 0 Å². The minimum Gasteiger partial charge on any atom is -0.395 e. The van der Waals surface area contributed by atoms with Crippen molar-refractivity contribution in [2.75, 3.05) is 24.6 Å². The van der Waals surface area contributed by atoms with Crippen LogP contribution < -0.4 is 10.2 Å². The minimum atomic E-state index is 0.150. The summed E-state index contributed by atoms with van der Waals surface area (Å²) in [7, 11) is 0. The molecule has 0 heterocycles. The van der Waals surface area contributed by atoms with Crippen molar-refractivity contribution >= 4 is 5.69 Å². The number of hydrogen-bond acceptors (Lipinski definition) is 3. The summed E-state index contributed by atoms with van der Waals surface area (Å²) in [5.74, 6) is 0.